The van der Waals surface area contributed by atoms with Crippen LogP contribution < -0.4 is 5.32 Å². The Balaban J connectivity index is 1.49. The molecule has 0 fully saturated rings. The Hall–Kier alpha value is -3.38. The quantitative estimate of drug-likeness (QED) is 0.610. The molecule has 170 valence electrons. The molecule has 0 radical (unpaired) electrons. The first-order valence-corrected chi connectivity index (χ1v) is 9.44. The zero-order valence-corrected chi connectivity index (χ0v) is 16.5. The van der Waals surface area contributed by atoms with Crippen molar-refractivity contribution in [3.8, 4) is 11.3 Å². The zero-order chi connectivity index (χ0) is 23.3. The van der Waals surface area contributed by atoms with Crippen LogP contribution in [0.1, 0.15) is 34.0 Å². The van der Waals surface area contributed by atoms with E-state index in [1.807, 2.05) is 0 Å². The normalized spacial score (nSPS) is 16.7. The van der Waals surface area contributed by atoms with Crippen LogP contribution in [-0.4, -0.2) is 36.5 Å². The molecule has 32 heavy (non-hydrogen) atoms. The summed E-state index contributed by atoms with van der Waals surface area (Å²) >= 11 is 0. The third kappa shape index (κ3) is 4.32. The number of rotatable bonds is 3. The predicted octanol–water partition coefficient (Wildman–Crippen LogP) is 3.46. The van der Waals surface area contributed by atoms with Gasteiger partial charge in [0.1, 0.15) is 11.4 Å². The highest BCUT2D eigenvalue weighted by Crippen LogP contribution is 2.31. The fourth-order valence-electron chi connectivity index (χ4n) is 3.53. The molecule has 1 unspecified atom stereocenters. The first kappa shape index (κ1) is 21.8. The number of nitrogens with one attached hydrogen (secondary N) is 1. The molecular formula is C19H16F6N6O. The van der Waals surface area contributed by atoms with Crippen molar-refractivity contribution in [2.45, 2.75) is 37.8 Å². The third-order valence-electron chi connectivity index (χ3n) is 5.09. The number of amides is 1. The van der Waals surface area contributed by atoms with Crippen molar-refractivity contribution in [2.24, 2.45) is 7.05 Å². The molecule has 0 saturated carbocycles. The summed E-state index contributed by atoms with van der Waals surface area (Å²) in [4.78, 5) is 15.8. The highest BCUT2D eigenvalue weighted by atomic mass is 19.4. The van der Waals surface area contributed by atoms with E-state index in [1.54, 1.807) is 10.7 Å². The average Bonchev–Trinajstić information content (AvgIpc) is 3.30. The Morgan fingerprint density at radius 3 is 2.44 bits per heavy atom. The van der Waals surface area contributed by atoms with Gasteiger partial charge >= 0.3 is 12.4 Å². The number of hydrogen-bond donors (Lipinski definition) is 1. The van der Waals surface area contributed by atoms with Gasteiger partial charge in [-0.1, -0.05) is 0 Å². The van der Waals surface area contributed by atoms with Crippen LogP contribution >= 0.6 is 0 Å². The van der Waals surface area contributed by atoms with Gasteiger partial charge in [-0.3, -0.25) is 19.1 Å². The molecule has 1 aliphatic heterocycles. The lowest BCUT2D eigenvalue weighted by Crippen LogP contribution is -2.40. The first-order chi connectivity index (χ1) is 14.9. The van der Waals surface area contributed by atoms with Gasteiger partial charge in [-0.25, -0.2) is 0 Å². The van der Waals surface area contributed by atoms with Crippen molar-refractivity contribution in [3.05, 3.63) is 53.2 Å². The molecule has 0 aliphatic carbocycles. The lowest BCUT2D eigenvalue weighted by Gasteiger charge is -2.24. The summed E-state index contributed by atoms with van der Waals surface area (Å²) in [6.07, 6.45) is -7.41. The van der Waals surface area contributed by atoms with Crippen molar-refractivity contribution in [3.63, 3.8) is 0 Å². The molecule has 0 saturated heterocycles. The van der Waals surface area contributed by atoms with Crippen LogP contribution in [-0.2, 0) is 32.4 Å². The number of nitrogens with zero attached hydrogens (tertiary/aromatic N) is 5. The number of alkyl halides is 6. The molecule has 0 bridgehead atoms. The lowest BCUT2D eigenvalue weighted by molar-refractivity contribution is -0.142. The summed E-state index contributed by atoms with van der Waals surface area (Å²) in [6.45, 7) is 0.386. The van der Waals surface area contributed by atoms with E-state index in [-0.39, 0.29) is 17.3 Å². The van der Waals surface area contributed by atoms with Gasteiger partial charge in [0.2, 0.25) is 0 Å². The Kier molecular flexibility index (Phi) is 5.21. The van der Waals surface area contributed by atoms with E-state index in [1.165, 1.54) is 13.1 Å². The van der Waals surface area contributed by atoms with Crippen LogP contribution in [0.5, 0.6) is 0 Å². The van der Waals surface area contributed by atoms with Crippen LogP contribution in [0.15, 0.2) is 30.5 Å². The van der Waals surface area contributed by atoms with Crippen molar-refractivity contribution < 1.29 is 31.1 Å². The van der Waals surface area contributed by atoms with Crippen molar-refractivity contribution in [1.82, 2.24) is 29.9 Å². The van der Waals surface area contributed by atoms with Crippen LogP contribution in [0.2, 0.25) is 0 Å². The van der Waals surface area contributed by atoms with Crippen molar-refractivity contribution >= 4 is 5.91 Å². The topological polar surface area (TPSA) is 77.6 Å². The van der Waals surface area contributed by atoms with E-state index in [2.05, 4.69) is 20.5 Å². The van der Waals surface area contributed by atoms with E-state index in [4.69, 9.17) is 0 Å². The van der Waals surface area contributed by atoms with Crippen LogP contribution in [0.25, 0.3) is 11.3 Å². The summed E-state index contributed by atoms with van der Waals surface area (Å²) in [5.41, 5.74) is -1.14. The molecule has 13 heteroatoms. The summed E-state index contributed by atoms with van der Waals surface area (Å²) in [5, 5.41) is 10.3. The van der Waals surface area contributed by atoms with E-state index in [0.717, 1.165) is 16.9 Å². The molecule has 1 aliphatic rings. The van der Waals surface area contributed by atoms with Crippen molar-refractivity contribution in [2.75, 3.05) is 0 Å². The van der Waals surface area contributed by atoms with E-state index in [9.17, 15) is 31.1 Å². The van der Waals surface area contributed by atoms with Gasteiger partial charge in [-0.15, -0.1) is 0 Å². The molecule has 4 rings (SSSR count). The Morgan fingerprint density at radius 1 is 1.06 bits per heavy atom. The number of fused-ring (bicyclic) bond motifs is 1. The third-order valence-corrected chi connectivity index (χ3v) is 5.09. The van der Waals surface area contributed by atoms with Gasteiger partial charge in [0, 0.05) is 49.6 Å². The molecule has 1 N–H and O–H groups in total. The SMILES string of the molecule is Cn1nc(C(F)(F)F)cc1C(=O)NC1CCn2nc(-c3ccnc(C(F)(F)F)c3)cc2C1. The smallest absolute Gasteiger partial charge is 0.348 e. The Bertz CT molecular complexity index is 1160. The number of halogens is 6. The summed E-state index contributed by atoms with van der Waals surface area (Å²) in [6, 6.07) is 4.26. The number of hydrogen-bond acceptors (Lipinski definition) is 4. The molecular weight excluding hydrogens is 442 g/mol. The first-order valence-electron chi connectivity index (χ1n) is 9.44. The maximum atomic E-state index is 12.9. The second-order valence-corrected chi connectivity index (χ2v) is 7.37. The summed E-state index contributed by atoms with van der Waals surface area (Å²) in [5.74, 6) is -0.697. The Morgan fingerprint density at radius 2 is 1.78 bits per heavy atom. The van der Waals surface area contributed by atoms with E-state index in [0.29, 0.717) is 36.8 Å². The standard InChI is InChI=1S/C19H16F6N6O/c1-30-14(9-16(29-30)19(23,24)25)17(32)27-11-3-5-31-12(7-11)8-13(28-31)10-2-4-26-15(6-10)18(20,21)22/h2,4,6,8-9,11H,3,5,7H2,1H3,(H,27,32). The maximum absolute atomic E-state index is 12.9. The number of aromatic nitrogens is 5. The van der Waals surface area contributed by atoms with Crippen LogP contribution in [0.3, 0.4) is 0 Å². The fraction of sp³-hybridized carbons (Fsp3) is 0.368. The molecule has 0 aromatic carbocycles. The zero-order valence-electron chi connectivity index (χ0n) is 16.5. The van der Waals surface area contributed by atoms with Gasteiger partial charge in [-0.2, -0.15) is 36.5 Å². The molecule has 1 atom stereocenters. The lowest BCUT2D eigenvalue weighted by atomic mass is 10.0. The number of carbonyl (C=O) groups excluding carboxylic acids is 1. The van der Waals surface area contributed by atoms with Gasteiger partial charge in [0.15, 0.2) is 5.69 Å². The number of carbonyl (C=O) groups is 1. The van der Waals surface area contributed by atoms with Crippen LogP contribution in [0, 0.1) is 0 Å². The molecule has 1 amide bonds. The summed E-state index contributed by atoms with van der Waals surface area (Å²) in [7, 11) is 1.25. The molecule has 4 heterocycles. The molecule has 3 aromatic heterocycles. The maximum Gasteiger partial charge on any atom is 0.435 e. The number of aryl methyl sites for hydroxylation is 2. The van der Waals surface area contributed by atoms with Gasteiger partial charge < -0.3 is 5.32 Å². The minimum atomic E-state index is -4.66. The summed E-state index contributed by atoms with van der Waals surface area (Å²) < 4.78 is 79.7. The fourth-order valence-corrected chi connectivity index (χ4v) is 3.53. The largest absolute Gasteiger partial charge is 0.435 e. The molecule has 0 spiro atoms. The van der Waals surface area contributed by atoms with Crippen LogP contribution in [0.4, 0.5) is 26.3 Å². The second-order valence-electron chi connectivity index (χ2n) is 7.37. The predicted molar refractivity (Wildman–Crippen MR) is 98.2 cm³/mol. The van der Waals surface area contributed by atoms with Gasteiger partial charge in [-0.05, 0) is 24.6 Å². The highest BCUT2D eigenvalue weighted by Gasteiger charge is 2.36. The van der Waals surface area contributed by atoms with E-state index >= 15 is 0 Å². The highest BCUT2D eigenvalue weighted by molar-refractivity contribution is 5.92. The monoisotopic (exact) mass is 458 g/mol. The minimum Gasteiger partial charge on any atom is -0.348 e. The average molecular weight is 458 g/mol. The second kappa shape index (κ2) is 7.64. The van der Waals surface area contributed by atoms with E-state index < -0.39 is 29.6 Å². The molecule has 3 aromatic rings. The minimum absolute atomic E-state index is 0.228. The Labute approximate surface area is 177 Å². The molecule has 7 nitrogen and oxygen atoms in total. The van der Waals surface area contributed by atoms with Gasteiger partial charge in [0.05, 0.1) is 5.69 Å². The number of pyridine rings is 1. The van der Waals surface area contributed by atoms with Crippen molar-refractivity contribution in [1.29, 1.82) is 0 Å². The van der Waals surface area contributed by atoms with Gasteiger partial charge in [0.25, 0.3) is 5.91 Å².